The summed E-state index contributed by atoms with van der Waals surface area (Å²) in [5.41, 5.74) is 1.73. The lowest BCUT2D eigenvalue weighted by molar-refractivity contribution is -0.124. The summed E-state index contributed by atoms with van der Waals surface area (Å²) in [6.45, 7) is 2.89. The molecule has 1 saturated heterocycles. The van der Waals surface area contributed by atoms with Crippen molar-refractivity contribution in [2.45, 2.75) is 32.2 Å². The molecule has 21 heavy (non-hydrogen) atoms. The molecular weight excluding hydrogens is 334 g/mol. The van der Waals surface area contributed by atoms with Gasteiger partial charge in [-0.3, -0.25) is 9.59 Å². The van der Waals surface area contributed by atoms with E-state index in [-0.39, 0.29) is 24.4 Å². The molecule has 1 aromatic rings. The zero-order chi connectivity index (χ0) is 15.2. The van der Waals surface area contributed by atoms with Gasteiger partial charge in [0.2, 0.25) is 11.8 Å². The molecule has 0 saturated carbocycles. The molecule has 0 aromatic heterocycles. The Morgan fingerprint density at radius 2 is 2.19 bits per heavy atom. The molecule has 1 aromatic carbocycles. The number of amides is 2. The smallest absolute Gasteiger partial charge is 0.243 e. The highest BCUT2D eigenvalue weighted by Crippen LogP contribution is 2.20. The molecule has 0 radical (unpaired) electrons. The lowest BCUT2D eigenvalue weighted by Crippen LogP contribution is -2.36. The topological polar surface area (TPSA) is 70.2 Å². The van der Waals surface area contributed by atoms with E-state index in [1.54, 1.807) is 0 Å². The fraction of sp³-hybridized carbons (Fsp3) is 0.467. The highest BCUT2D eigenvalue weighted by molar-refractivity contribution is 9.10. The molecule has 5 nitrogen and oxygen atoms in total. The van der Waals surface area contributed by atoms with Crippen LogP contribution in [0.25, 0.3) is 0 Å². The molecule has 0 bridgehead atoms. The summed E-state index contributed by atoms with van der Waals surface area (Å²) in [5, 5.41) is 8.72. The van der Waals surface area contributed by atoms with Gasteiger partial charge in [0.1, 0.15) is 0 Å². The number of hydrogen-bond acceptors (Lipinski definition) is 3. The Balaban J connectivity index is 1.76. The van der Waals surface area contributed by atoms with Crippen molar-refractivity contribution in [1.82, 2.24) is 10.6 Å². The second-order valence-corrected chi connectivity index (χ2v) is 6.20. The van der Waals surface area contributed by atoms with Crippen molar-refractivity contribution in [2.24, 2.45) is 0 Å². The molecule has 3 N–H and O–H groups in total. The van der Waals surface area contributed by atoms with Crippen molar-refractivity contribution in [1.29, 1.82) is 0 Å². The molecule has 1 heterocycles. The number of anilines is 1. The maximum atomic E-state index is 11.9. The van der Waals surface area contributed by atoms with Crippen LogP contribution in [0.15, 0.2) is 22.7 Å². The van der Waals surface area contributed by atoms with Crippen molar-refractivity contribution in [3.05, 3.63) is 28.2 Å². The van der Waals surface area contributed by atoms with Gasteiger partial charge < -0.3 is 16.0 Å². The Bertz CT molecular complexity index is 528. The third kappa shape index (κ3) is 5.13. The van der Waals surface area contributed by atoms with Crippen molar-refractivity contribution in [3.8, 4) is 0 Å². The summed E-state index contributed by atoms with van der Waals surface area (Å²) in [6, 6.07) is 5.93. The molecule has 0 spiro atoms. The zero-order valence-corrected chi connectivity index (χ0v) is 13.6. The van der Waals surface area contributed by atoms with E-state index in [1.165, 1.54) is 0 Å². The third-order valence-electron chi connectivity index (χ3n) is 3.51. The first-order valence-corrected chi connectivity index (χ1v) is 7.90. The van der Waals surface area contributed by atoms with Crippen molar-refractivity contribution < 1.29 is 9.59 Å². The van der Waals surface area contributed by atoms with Gasteiger partial charge in [-0.15, -0.1) is 0 Å². The minimum atomic E-state index is -0.219. The number of rotatable bonds is 5. The summed E-state index contributed by atoms with van der Waals surface area (Å²) in [5.74, 6) is -0.306. The van der Waals surface area contributed by atoms with Crippen LogP contribution in [0.5, 0.6) is 0 Å². The molecule has 114 valence electrons. The molecule has 2 amide bonds. The van der Waals surface area contributed by atoms with Crippen LogP contribution < -0.4 is 16.0 Å². The fourth-order valence-corrected chi connectivity index (χ4v) is 2.69. The van der Waals surface area contributed by atoms with Gasteiger partial charge in [0, 0.05) is 22.6 Å². The molecule has 2 rings (SSSR count). The first kappa shape index (κ1) is 16.0. The van der Waals surface area contributed by atoms with Crippen LogP contribution in [0.1, 0.15) is 24.8 Å². The van der Waals surface area contributed by atoms with Gasteiger partial charge in [-0.25, -0.2) is 0 Å². The Morgan fingerprint density at radius 3 is 2.90 bits per heavy atom. The zero-order valence-electron chi connectivity index (χ0n) is 12.0. The third-order valence-corrected chi connectivity index (χ3v) is 4.01. The van der Waals surface area contributed by atoms with E-state index < -0.39 is 0 Å². The second-order valence-electron chi connectivity index (χ2n) is 5.28. The van der Waals surface area contributed by atoms with E-state index in [4.69, 9.17) is 0 Å². The van der Waals surface area contributed by atoms with Crippen LogP contribution in [0.3, 0.4) is 0 Å². The number of aryl methyl sites for hydroxylation is 1. The monoisotopic (exact) mass is 353 g/mol. The first-order valence-electron chi connectivity index (χ1n) is 7.10. The van der Waals surface area contributed by atoms with Gasteiger partial charge >= 0.3 is 0 Å². The average molecular weight is 354 g/mol. The molecule has 1 aliphatic rings. The van der Waals surface area contributed by atoms with Gasteiger partial charge in [0.25, 0.3) is 0 Å². The van der Waals surface area contributed by atoms with E-state index in [0.29, 0.717) is 6.42 Å². The molecule has 1 aliphatic heterocycles. The highest BCUT2D eigenvalue weighted by atomic mass is 79.9. The predicted octanol–water partition coefficient (Wildman–Crippen LogP) is 1.95. The fourth-order valence-electron chi connectivity index (χ4n) is 2.33. The number of nitrogens with one attached hydrogen (secondary N) is 3. The Morgan fingerprint density at radius 1 is 1.38 bits per heavy atom. The van der Waals surface area contributed by atoms with Crippen LogP contribution in [0.4, 0.5) is 5.69 Å². The van der Waals surface area contributed by atoms with E-state index in [0.717, 1.165) is 35.1 Å². The quantitative estimate of drug-likeness (QED) is 0.757. The summed E-state index contributed by atoms with van der Waals surface area (Å²) in [7, 11) is 0. The molecule has 1 unspecified atom stereocenters. The SMILES string of the molecule is Cc1ccc(Br)cc1NC(=O)CNC(=O)CC1CCCN1. The van der Waals surface area contributed by atoms with Crippen molar-refractivity contribution in [2.75, 3.05) is 18.4 Å². The predicted molar refractivity (Wildman–Crippen MR) is 86.2 cm³/mol. The second kappa shape index (κ2) is 7.56. The van der Waals surface area contributed by atoms with Gasteiger partial charge in [-0.05, 0) is 44.0 Å². The first-order chi connectivity index (χ1) is 10.0. The normalized spacial score (nSPS) is 17.5. The summed E-state index contributed by atoms with van der Waals surface area (Å²) in [6.07, 6.45) is 2.57. The van der Waals surface area contributed by atoms with Crippen molar-refractivity contribution in [3.63, 3.8) is 0 Å². The molecule has 1 atom stereocenters. The van der Waals surface area contributed by atoms with E-state index in [9.17, 15) is 9.59 Å². The minimum absolute atomic E-state index is 0.00247. The summed E-state index contributed by atoms with van der Waals surface area (Å²) in [4.78, 5) is 23.6. The Labute approximate surface area is 133 Å². The standard InChI is InChI=1S/C15H20BrN3O2/c1-10-4-5-11(16)7-13(10)19-15(21)9-18-14(20)8-12-3-2-6-17-12/h4-5,7,12,17H,2-3,6,8-9H2,1H3,(H,18,20)(H,19,21). The number of carbonyl (C=O) groups is 2. The van der Waals surface area contributed by atoms with Crippen LogP contribution in [-0.4, -0.2) is 30.9 Å². The Kier molecular flexibility index (Phi) is 5.76. The summed E-state index contributed by atoms with van der Waals surface area (Å²) >= 11 is 3.37. The maximum Gasteiger partial charge on any atom is 0.243 e. The molecule has 6 heteroatoms. The molecular formula is C15H20BrN3O2. The van der Waals surface area contributed by atoms with E-state index >= 15 is 0 Å². The summed E-state index contributed by atoms with van der Waals surface area (Å²) < 4.78 is 0.903. The number of carbonyl (C=O) groups excluding carboxylic acids is 2. The van der Waals surface area contributed by atoms with E-state index in [1.807, 2.05) is 25.1 Å². The number of halogens is 1. The number of benzene rings is 1. The van der Waals surface area contributed by atoms with Crippen LogP contribution in [-0.2, 0) is 9.59 Å². The lowest BCUT2D eigenvalue weighted by atomic mass is 10.1. The minimum Gasteiger partial charge on any atom is -0.347 e. The van der Waals surface area contributed by atoms with Gasteiger partial charge in [-0.2, -0.15) is 0 Å². The van der Waals surface area contributed by atoms with Crippen LogP contribution in [0, 0.1) is 6.92 Å². The van der Waals surface area contributed by atoms with Crippen molar-refractivity contribution >= 4 is 33.4 Å². The molecule has 1 fully saturated rings. The Hall–Kier alpha value is -1.40. The van der Waals surface area contributed by atoms with Gasteiger partial charge in [0.15, 0.2) is 0 Å². The van der Waals surface area contributed by atoms with Gasteiger partial charge in [0.05, 0.1) is 6.54 Å². The van der Waals surface area contributed by atoms with Crippen LogP contribution >= 0.6 is 15.9 Å². The lowest BCUT2D eigenvalue weighted by Gasteiger charge is -2.11. The van der Waals surface area contributed by atoms with E-state index in [2.05, 4.69) is 31.9 Å². The average Bonchev–Trinajstić information content (AvgIpc) is 2.93. The van der Waals surface area contributed by atoms with Gasteiger partial charge in [-0.1, -0.05) is 22.0 Å². The maximum absolute atomic E-state index is 11.9. The number of hydrogen-bond donors (Lipinski definition) is 3. The highest BCUT2D eigenvalue weighted by Gasteiger charge is 2.17. The largest absolute Gasteiger partial charge is 0.347 e. The van der Waals surface area contributed by atoms with Crippen LogP contribution in [0.2, 0.25) is 0 Å². The molecule has 0 aliphatic carbocycles.